The molecular formula is C108H64N8. The van der Waals surface area contributed by atoms with E-state index in [1.165, 1.54) is 211 Å². The minimum absolute atomic E-state index is 0.895. The molecule has 0 aliphatic carbocycles. The van der Waals surface area contributed by atoms with Crippen molar-refractivity contribution in [2.24, 2.45) is 0 Å². The van der Waals surface area contributed by atoms with Crippen molar-refractivity contribution in [2.45, 2.75) is 0 Å². The average molecular weight is 1470 g/mol. The smallest absolute Gasteiger partial charge is 0.163 e. The molecule has 0 saturated carbocycles. The van der Waals surface area contributed by atoms with Gasteiger partial charge in [0.05, 0.1) is 38.6 Å². The van der Waals surface area contributed by atoms with Crippen LogP contribution in [0.2, 0.25) is 0 Å². The number of hydrogen-bond donors (Lipinski definition) is 0. The third-order valence-electron chi connectivity index (χ3n) is 24.7. The zero-order chi connectivity index (χ0) is 75.8. The lowest BCUT2D eigenvalue weighted by Gasteiger charge is -2.15. The van der Waals surface area contributed by atoms with Gasteiger partial charge in [-0.25, -0.2) is 9.97 Å². The fourth-order valence-electron chi connectivity index (χ4n) is 20.1. The van der Waals surface area contributed by atoms with Crippen molar-refractivity contribution in [2.75, 3.05) is 0 Å². The maximum Gasteiger partial charge on any atom is 0.163 e. The summed E-state index contributed by atoms with van der Waals surface area (Å²) in [5.41, 5.74) is 11.3. The minimum atomic E-state index is 0.895. The molecule has 0 N–H and O–H groups in total. The van der Waals surface area contributed by atoms with Gasteiger partial charge in [0.1, 0.15) is 11.2 Å². The Morgan fingerprint density at radius 1 is 0.147 bits per heavy atom. The molecule has 0 amide bonds. The molecule has 0 fully saturated rings. The number of para-hydroxylation sites is 1. The van der Waals surface area contributed by atoms with E-state index in [1.54, 1.807) is 12.4 Å². The lowest BCUT2D eigenvalue weighted by atomic mass is 9.91. The maximum atomic E-state index is 4.87. The van der Waals surface area contributed by atoms with Crippen molar-refractivity contribution in [3.8, 4) is 0 Å². The minimum Gasteiger partial charge on any atom is -0.315 e. The van der Waals surface area contributed by atoms with Gasteiger partial charge in [0, 0.05) is 147 Å². The molecule has 28 aromatic rings. The number of benzene rings is 17. The van der Waals surface area contributed by atoms with Gasteiger partial charge in [0.15, 0.2) is 5.65 Å². The van der Waals surface area contributed by atoms with Gasteiger partial charge in [-0.05, 0) is 117 Å². The average Bonchev–Trinajstić information content (AvgIpc) is 1.36. The predicted octanol–water partition coefficient (Wildman–Crippen LogP) is 28.4. The Morgan fingerprint density at radius 3 is 0.810 bits per heavy atom. The van der Waals surface area contributed by atoms with Gasteiger partial charge < -0.3 is 8.80 Å². The summed E-state index contributed by atoms with van der Waals surface area (Å²) in [6.07, 6.45) is 16.3. The van der Waals surface area contributed by atoms with Gasteiger partial charge in [-0.2, -0.15) is 0 Å². The van der Waals surface area contributed by atoms with Crippen LogP contribution < -0.4 is 0 Å². The van der Waals surface area contributed by atoms with Crippen LogP contribution in [0.3, 0.4) is 0 Å². The van der Waals surface area contributed by atoms with Crippen LogP contribution in [0.5, 0.6) is 0 Å². The van der Waals surface area contributed by atoms with Gasteiger partial charge in [0.25, 0.3) is 0 Å². The van der Waals surface area contributed by atoms with Gasteiger partial charge in [-0.15, -0.1) is 0 Å². The molecule has 0 unspecified atom stereocenters. The van der Waals surface area contributed by atoms with Crippen LogP contribution in [0.4, 0.5) is 0 Å². The second kappa shape index (κ2) is 24.9. The number of nitrogens with zero attached hydrogens (tertiary/aromatic N) is 8. The largest absolute Gasteiger partial charge is 0.315 e. The Morgan fingerprint density at radius 2 is 0.388 bits per heavy atom. The molecule has 11 heterocycles. The Hall–Kier alpha value is -15.6. The van der Waals surface area contributed by atoms with Crippen LogP contribution in [-0.4, -0.2) is 37.5 Å². The van der Waals surface area contributed by atoms with Crippen LogP contribution in [-0.2, 0) is 0 Å². The fourth-order valence-corrected chi connectivity index (χ4v) is 20.1. The summed E-state index contributed by atoms with van der Waals surface area (Å²) < 4.78 is 9.22. The third-order valence-corrected chi connectivity index (χ3v) is 24.7. The Balaban J connectivity index is 0.0000000866. The first kappa shape index (κ1) is 64.1. The topological polar surface area (TPSA) is 69.2 Å². The van der Waals surface area contributed by atoms with E-state index >= 15 is 0 Å². The molecule has 0 spiro atoms. The van der Waals surface area contributed by atoms with E-state index in [2.05, 4.69) is 370 Å². The highest BCUT2D eigenvalue weighted by atomic mass is 15.0. The standard InChI is InChI=1S/C28H17N.2C27H16N2.C26H15N3/c1-2-10-19-18(9-1)17-29-25-16-8-7-15-24(25)26-22-13-5-3-11-20(22)21-12-4-6-14-23(21)27(26)28(19)29;1-2-9-18-17(8-1)16-29-23-14-7-15-28-26(23)24-21-12-5-3-10-19(21)20-11-4-6-13-22(20)25(24)27(18)29;1-2-9-18-17(8-1)16-29-26(18)25-22-13-6-4-11-20(22)19-10-3-5-12-21(19)24(25)23-14-7-15-28-27(23)29;1-2-8-17-16(7-1)15-29-25(17)23-21-12-6-4-10-19(21)18-9-3-5-11-20(18)22(23)24-26(29)28-14-13-27-24/h1-17H;2*1-16H;1-15H. The van der Waals surface area contributed by atoms with Crippen molar-refractivity contribution < 1.29 is 0 Å². The Bertz CT molecular complexity index is 8080. The second-order valence-corrected chi connectivity index (χ2v) is 30.6. The first-order valence-electron chi connectivity index (χ1n) is 39.7. The molecule has 116 heavy (non-hydrogen) atoms. The monoisotopic (exact) mass is 1470 g/mol. The van der Waals surface area contributed by atoms with Crippen LogP contribution in [0.15, 0.2) is 389 Å². The molecular weight excluding hydrogens is 1410 g/mol. The molecule has 28 rings (SSSR count). The van der Waals surface area contributed by atoms with Crippen LogP contribution >= 0.6 is 0 Å². The van der Waals surface area contributed by atoms with Gasteiger partial charge >= 0.3 is 0 Å². The van der Waals surface area contributed by atoms with Crippen LogP contribution in [0.25, 0.3) is 239 Å². The Labute approximate surface area is 661 Å². The first-order valence-corrected chi connectivity index (χ1v) is 39.7. The highest BCUT2D eigenvalue weighted by Crippen LogP contribution is 2.49. The van der Waals surface area contributed by atoms with E-state index in [-0.39, 0.29) is 0 Å². The van der Waals surface area contributed by atoms with Crippen molar-refractivity contribution in [1.82, 2.24) is 37.5 Å². The molecule has 0 aliphatic rings. The van der Waals surface area contributed by atoms with E-state index in [9.17, 15) is 0 Å². The van der Waals surface area contributed by atoms with E-state index < -0.39 is 0 Å². The van der Waals surface area contributed by atoms with E-state index in [0.717, 1.165) is 27.8 Å². The zero-order valence-corrected chi connectivity index (χ0v) is 62.5. The van der Waals surface area contributed by atoms with E-state index in [0.29, 0.717) is 0 Å². The van der Waals surface area contributed by atoms with Crippen molar-refractivity contribution in [1.29, 1.82) is 0 Å². The number of aromatic nitrogens is 8. The third kappa shape index (κ3) is 9.08. The normalized spacial score (nSPS) is 12.1. The van der Waals surface area contributed by atoms with Gasteiger partial charge in [0.2, 0.25) is 0 Å². The summed E-state index contributed by atoms with van der Waals surface area (Å²) in [5, 5.41) is 43.4. The number of pyridine rings is 6. The predicted molar refractivity (Wildman–Crippen MR) is 491 cm³/mol. The summed E-state index contributed by atoms with van der Waals surface area (Å²) in [7, 11) is 0. The zero-order valence-electron chi connectivity index (χ0n) is 62.5. The van der Waals surface area contributed by atoms with Crippen LogP contribution in [0.1, 0.15) is 0 Å². The van der Waals surface area contributed by atoms with Gasteiger partial charge in [-0.1, -0.05) is 309 Å². The summed E-state index contributed by atoms with van der Waals surface area (Å²) >= 11 is 0. The molecule has 17 aromatic carbocycles. The summed E-state index contributed by atoms with van der Waals surface area (Å²) in [6, 6.07) is 122. The molecule has 8 nitrogen and oxygen atoms in total. The van der Waals surface area contributed by atoms with E-state index in [1.807, 2.05) is 24.5 Å². The number of hydrogen-bond acceptors (Lipinski definition) is 4. The lowest BCUT2D eigenvalue weighted by molar-refractivity contribution is 1.18. The first-order chi connectivity index (χ1) is 57.7. The summed E-state index contributed by atoms with van der Waals surface area (Å²) in [5.74, 6) is 0. The molecule has 0 atom stereocenters. The molecule has 11 aromatic heterocycles. The Kier molecular flexibility index (Phi) is 13.8. The van der Waals surface area contributed by atoms with Crippen LogP contribution in [0, 0.1) is 0 Å². The maximum absolute atomic E-state index is 4.87. The fraction of sp³-hybridized carbons (Fsp3) is 0. The SMILES string of the molecule is c1ccc2c(c1)cn1c3ccccc3c3c4ccccc4c4ccccc4c3c21.c1ccc2c(c1)cn1c3cccnc3c3c4ccccc4c4ccccc4c3c21.c1ccc2c(c1)cn1c3ncccc3c3c4ccccc4c4ccccc4c3c21.c1ccc2c(c1)cn1c3nccnc3c3c4ccccc4c4ccccc4c3c21. The number of fused-ring (bicyclic) bond motifs is 52. The highest BCUT2D eigenvalue weighted by Gasteiger charge is 2.25. The second-order valence-electron chi connectivity index (χ2n) is 30.6. The van der Waals surface area contributed by atoms with Crippen molar-refractivity contribution in [3.63, 3.8) is 0 Å². The van der Waals surface area contributed by atoms with Crippen molar-refractivity contribution >= 4 is 239 Å². The van der Waals surface area contributed by atoms with Gasteiger partial charge in [-0.3, -0.25) is 18.8 Å². The quantitative estimate of drug-likeness (QED) is 0.142. The van der Waals surface area contributed by atoms with Crippen molar-refractivity contribution in [3.05, 3.63) is 389 Å². The molecule has 8 heteroatoms. The molecule has 0 saturated heterocycles. The summed E-state index contributed by atoms with van der Waals surface area (Å²) in [4.78, 5) is 19.2. The number of rotatable bonds is 0. The molecule has 0 radical (unpaired) electrons. The van der Waals surface area contributed by atoms with E-state index in [4.69, 9.17) is 19.9 Å². The molecule has 0 bridgehead atoms. The molecule has 0 aliphatic heterocycles. The molecule has 536 valence electrons. The summed E-state index contributed by atoms with van der Waals surface area (Å²) in [6.45, 7) is 0. The lowest BCUT2D eigenvalue weighted by Crippen LogP contribution is -1.96. The highest BCUT2D eigenvalue weighted by molar-refractivity contribution is 6.41.